The number of carboxylic acids is 1. The summed E-state index contributed by atoms with van der Waals surface area (Å²) in [7, 11) is 0. The van der Waals surface area contributed by atoms with Crippen LogP contribution in [0.25, 0.3) is 0 Å². The molecule has 0 aliphatic rings. The molecule has 0 radical (unpaired) electrons. The molecule has 1 N–H and O–H groups in total. The van der Waals surface area contributed by atoms with Gasteiger partial charge >= 0.3 is 177 Å². The third-order valence-electron chi connectivity index (χ3n) is 4.71. The molecule has 3 nitrogen and oxygen atoms in total. The van der Waals surface area contributed by atoms with Gasteiger partial charge in [-0.2, -0.15) is 0 Å². The zero-order valence-corrected chi connectivity index (χ0v) is 18.4. The van der Waals surface area contributed by atoms with E-state index in [0.29, 0.717) is 5.75 Å². The third-order valence-corrected chi connectivity index (χ3v) is 7.57. The van der Waals surface area contributed by atoms with Gasteiger partial charge in [0.15, 0.2) is 0 Å². The van der Waals surface area contributed by atoms with Gasteiger partial charge in [0.05, 0.1) is 0 Å². The van der Waals surface area contributed by atoms with Crippen molar-refractivity contribution >= 4 is 5.97 Å². The van der Waals surface area contributed by atoms with Gasteiger partial charge in [0.1, 0.15) is 0 Å². The minimum absolute atomic E-state index is 0.160. The van der Waals surface area contributed by atoms with Crippen molar-refractivity contribution in [3.63, 3.8) is 0 Å². The number of hydrogen-bond donors (Lipinski definition) is 1. The summed E-state index contributed by atoms with van der Waals surface area (Å²) in [6.45, 7) is 6.26. The third kappa shape index (κ3) is 4.93. The van der Waals surface area contributed by atoms with Crippen LogP contribution < -0.4 is 25.9 Å². The molecule has 3 aromatic carbocycles. The van der Waals surface area contributed by atoms with E-state index in [2.05, 4.69) is 69.3 Å². The van der Waals surface area contributed by atoms with Gasteiger partial charge in [0.2, 0.25) is 0 Å². The van der Waals surface area contributed by atoms with Crippen LogP contribution in [0.4, 0.5) is 0 Å². The summed E-state index contributed by atoms with van der Waals surface area (Å²) in [4.78, 5) is 10.7. The second-order valence-electron chi connectivity index (χ2n) is 7.20. The van der Waals surface area contributed by atoms with E-state index in [-0.39, 0.29) is 33.2 Å². The van der Waals surface area contributed by atoms with E-state index < -0.39 is 5.97 Å². The van der Waals surface area contributed by atoms with E-state index in [1.807, 2.05) is 24.3 Å². The molecule has 0 aliphatic carbocycles. The second kappa shape index (κ2) is 8.78. The SMILES string of the molecule is Cc1ccc([I-]c2ccccc2C(C)(C)c2ccc(OCC(=O)O)cc2)cc1. The molecular formula is C24H24IO3-. The van der Waals surface area contributed by atoms with E-state index in [1.165, 1.54) is 23.8 Å². The number of rotatable bonds is 7. The number of aryl methyl sites for hydroxylation is 1. The minimum atomic E-state index is -0.974. The van der Waals surface area contributed by atoms with Crippen molar-refractivity contribution in [2.45, 2.75) is 26.2 Å². The van der Waals surface area contributed by atoms with Crippen LogP contribution in [-0.2, 0) is 10.2 Å². The topological polar surface area (TPSA) is 46.5 Å². The Hall–Kier alpha value is -2.34. The quantitative estimate of drug-likeness (QED) is 0.519. The van der Waals surface area contributed by atoms with Crippen LogP contribution in [0.5, 0.6) is 5.75 Å². The maximum atomic E-state index is 10.7. The van der Waals surface area contributed by atoms with Crippen molar-refractivity contribution in [1.82, 2.24) is 0 Å². The van der Waals surface area contributed by atoms with Gasteiger partial charge in [-0.3, -0.25) is 0 Å². The van der Waals surface area contributed by atoms with E-state index in [0.717, 1.165) is 0 Å². The first-order valence-electron chi connectivity index (χ1n) is 9.12. The molecule has 3 aromatic rings. The van der Waals surface area contributed by atoms with E-state index in [1.54, 1.807) is 0 Å². The molecule has 0 aromatic heterocycles. The molecule has 0 saturated heterocycles. The number of carbonyl (C=O) groups is 1. The van der Waals surface area contributed by atoms with Gasteiger partial charge in [0.25, 0.3) is 0 Å². The Balaban J connectivity index is 1.87. The summed E-state index contributed by atoms with van der Waals surface area (Å²) in [5, 5.41) is 8.75. The summed E-state index contributed by atoms with van der Waals surface area (Å²) < 4.78 is 8.08. The number of ether oxygens (including phenoxy) is 1. The summed E-state index contributed by atoms with van der Waals surface area (Å²) in [5.41, 5.74) is 3.64. The first-order chi connectivity index (χ1) is 13.4. The molecule has 4 heteroatoms. The average molecular weight is 487 g/mol. The van der Waals surface area contributed by atoms with Crippen LogP contribution in [0, 0.1) is 14.1 Å². The Kier molecular flexibility index (Phi) is 6.39. The zero-order valence-electron chi connectivity index (χ0n) is 16.3. The number of halogens is 1. The average Bonchev–Trinajstić information content (AvgIpc) is 2.69. The Morgan fingerprint density at radius 3 is 2.25 bits per heavy atom. The van der Waals surface area contributed by atoms with Crippen LogP contribution in [0.1, 0.15) is 30.5 Å². The monoisotopic (exact) mass is 487 g/mol. The van der Waals surface area contributed by atoms with E-state index >= 15 is 0 Å². The number of benzene rings is 3. The normalized spacial score (nSPS) is 11.4. The Morgan fingerprint density at radius 2 is 1.61 bits per heavy atom. The molecule has 146 valence electrons. The van der Waals surface area contributed by atoms with Crippen LogP contribution >= 0.6 is 0 Å². The summed E-state index contributed by atoms with van der Waals surface area (Å²) in [6, 6.07) is 25.3. The van der Waals surface area contributed by atoms with Crippen molar-refractivity contribution in [3.8, 4) is 5.75 Å². The van der Waals surface area contributed by atoms with Gasteiger partial charge in [-0.05, 0) is 0 Å². The van der Waals surface area contributed by atoms with Crippen LogP contribution in [0.2, 0.25) is 0 Å². The Labute approximate surface area is 176 Å². The van der Waals surface area contributed by atoms with E-state index in [4.69, 9.17) is 9.84 Å². The summed E-state index contributed by atoms with van der Waals surface area (Å²) in [5.74, 6) is -0.402. The molecule has 0 spiro atoms. The van der Waals surface area contributed by atoms with Crippen molar-refractivity contribution in [1.29, 1.82) is 0 Å². The summed E-state index contributed by atoms with van der Waals surface area (Å²) >= 11 is -0.274. The second-order valence-corrected chi connectivity index (χ2v) is 10.1. The molecular weight excluding hydrogens is 463 g/mol. The molecule has 0 aliphatic heterocycles. The van der Waals surface area contributed by atoms with Gasteiger partial charge in [-0.1, -0.05) is 0 Å². The fraction of sp³-hybridized carbons (Fsp3) is 0.208. The van der Waals surface area contributed by atoms with Crippen LogP contribution in [-0.4, -0.2) is 17.7 Å². The van der Waals surface area contributed by atoms with E-state index in [9.17, 15) is 4.79 Å². The van der Waals surface area contributed by atoms with Gasteiger partial charge < -0.3 is 0 Å². The fourth-order valence-corrected chi connectivity index (χ4v) is 5.95. The predicted octanol–water partition coefficient (Wildman–Crippen LogP) is 1.91. The molecule has 3 rings (SSSR count). The first kappa shape index (κ1) is 20.4. The zero-order chi connectivity index (χ0) is 20.1. The maximum absolute atomic E-state index is 10.7. The van der Waals surface area contributed by atoms with Gasteiger partial charge in [0, 0.05) is 0 Å². The fourth-order valence-electron chi connectivity index (χ4n) is 3.03. The molecule has 0 fully saturated rings. The van der Waals surface area contributed by atoms with Crippen molar-refractivity contribution < 1.29 is 35.8 Å². The molecule has 0 unspecified atom stereocenters. The predicted molar refractivity (Wildman–Crippen MR) is 107 cm³/mol. The number of carboxylic acid groups (broad SMARTS) is 1. The standard InChI is InChI=1S/C24H24IO3/c1-17-8-12-19(13-9-17)25-22-7-5-4-6-21(22)24(2,3)18-10-14-20(15-11-18)28-16-23(26)27/h4-15H,16H2,1-3H3,(H,26,27)/q-1. The van der Waals surface area contributed by atoms with Crippen molar-refractivity contribution in [2.75, 3.05) is 6.61 Å². The van der Waals surface area contributed by atoms with Crippen LogP contribution in [0.3, 0.4) is 0 Å². The molecule has 0 heterocycles. The molecule has 0 bridgehead atoms. The van der Waals surface area contributed by atoms with Crippen molar-refractivity contribution in [3.05, 3.63) is 96.6 Å². The molecule has 0 atom stereocenters. The molecule has 28 heavy (non-hydrogen) atoms. The van der Waals surface area contributed by atoms with Gasteiger partial charge in [-0.15, -0.1) is 0 Å². The molecule has 0 amide bonds. The van der Waals surface area contributed by atoms with Gasteiger partial charge in [-0.25, -0.2) is 0 Å². The molecule has 0 saturated carbocycles. The summed E-state index contributed by atoms with van der Waals surface area (Å²) in [6.07, 6.45) is 0. The van der Waals surface area contributed by atoms with Crippen molar-refractivity contribution in [2.24, 2.45) is 0 Å². The Morgan fingerprint density at radius 1 is 0.964 bits per heavy atom. The number of hydrogen-bond acceptors (Lipinski definition) is 2. The number of aliphatic carboxylic acids is 1. The Bertz CT molecular complexity index is 944. The first-order valence-corrected chi connectivity index (χ1v) is 11.3. The van der Waals surface area contributed by atoms with Crippen LogP contribution in [0.15, 0.2) is 72.8 Å².